The molecule has 2 aromatic carbocycles. The molecule has 3 fully saturated rings. The highest BCUT2D eigenvalue weighted by atomic mass is 16.5. The summed E-state index contributed by atoms with van der Waals surface area (Å²) in [6.07, 6.45) is 2.70. The lowest BCUT2D eigenvalue weighted by molar-refractivity contribution is 0.0718. The number of ether oxygens (including phenoxy) is 1. The Morgan fingerprint density at radius 1 is 0.958 bits per heavy atom. The van der Waals surface area contributed by atoms with Crippen molar-refractivity contribution in [1.82, 2.24) is 10.2 Å². The molecule has 0 aliphatic carbocycles. The average molecular weight is 322 g/mol. The maximum absolute atomic E-state index is 6.07. The van der Waals surface area contributed by atoms with Gasteiger partial charge in [-0.05, 0) is 43.5 Å². The van der Waals surface area contributed by atoms with Crippen LogP contribution in [0.25, 0.3) is 0 Å². The summed E-state index contributed by atoms with van der Waals surface area (Å²) in [5, 5.41) is 3.79. The van der Waals surface area contributed by atoms with Gasteiger partial charge in [0.1, 0.15) is 12.4 Å². The zero-order valence-electron chi connectivity index (χ0n) is 14.2. The molecule has 3 aliphatic heterocycles. The Labute approximate surface area is 144 Å². The van der Waals surface area contributed by atoms with Crippen molar-refractivity contribution >= 4 is 0 Å². The first-order valence-corrected chi connectivity index (χ1v) is 9.09. The molecule has 1 N–H and O–H groups in total. The largest absolute Gasteiger partial charge is 0.489 e. The molecule has 0 saturated carbocycles. The van der Waals surface area contributed by atoms with Gasteiger partial charge in [-0.15, -0.1) is 0 Å². The molecular formula is C21H26N2O. The van der Waals surface area contributed by atoms with E-state index in [1.54, 1.807) is 0 Å². The van der Waals surface area contributed by atoms with Crippen LogP contribution in [0.2, 0.25) is 0 Å². The highest BCUT2D eigenvalue weighted by Gasteiger charge is 2.33. The lowest BCUT2D eigenvalue weighted by atomic mass is 9.84. The number of para-hydroxylation sites is 1. The summed E-state index contributed by atoms with van der Waals surface area (Å²) in [5.41, 5.74) is 2.46. The SMILES string of the molecule is c1ccc(COc2ccccc2CN[C@@H]2CN3CCC2CC3)cc1. The van der Waals surface area contributed by atoms with Gasteiger partial charge in [0.2, 0.25) is 0 Å². The summed E-state index contributed by atoms with van der Waals surface area (Å²) in [5.74, 6) is 1.85. The third-order valence-corrected chi connectivity index (χ3v) is 5.42. The van der Waals surface area contributed by atoms with Gasteiger partial charge in [0.25, 0.3) is 0 Å². The molecule has 2 bridgehead atoms. The summed E-state index contributed by atoms with van der Waals surface area (Å²) in [6.45, 7) is 5.30. The van der Waals surface area contributed by atoms with Gasteiger partial charge in [-0.25, -0.2) is 0 Å². The molecule has 3 aliphatic rings. The molecule has 0 amide bonds. The molecule has 3 heteroatoms. The lowest BCUT2D eigenvalue weighted by Crippen LogP contribution is -2.55. The van der Waals surface area contributed by atoms with Gasteiger partial charge in [-0.2, -0.15) is 0 Å². The van der Waals surface area contributed by atoms with Crippen molar-refractivity contribution in [2.24, 2.45) is 5.92 Å². The number of nitrogens with zero attached hydrogens (tertiary/aromatic N) is 1. The van der Waals surface area contributed by atoms with Crippen LogP contribution in [0.5, 0.6) is 5.75 Å². The molecule has 3 heterocycles. The Morgan fingerprint density at radius 2 is 1.71 bits per heavy atom. The van der Waals surface area contributed by atoms with Crippen molar-refractivity contribution in [3.8, 4) is 5.75 Å². The van der Waals surface area contributed by atoms with E-state index >= 15 is 0 Å². The third kappa shape index (κ3) is 3.63. The topological polar surface area (TPSA) is 24.5 Å². The fourth-order valence-corrected chi connectivity index (χ4v) is 3.96. The Bertz CT molecular complexity index is 650. The average Bonchev–Trinajstić information content (AvgIpc) is 2.67. The number of benzene rings is 2. The molecule has 3 nitrogen and oxygen atoms in total. The molecule has 0 radical (unpaired) electrons. The predicted molar refractivity (Wildman–Crippen MR) is 97.0 cm³/mol. The van der Waals surface area contributed by atoms with Crippen molar-refractivity contribution in [2.45, 2.75) is 32.0 Å². The van der Waals surface area contributed by atoms with E-state index < -0.39 is 0 Å². The number of piperidine rings is 3. The Balaban J connectivity index is 1.37. The van der Waals surface area contributed by atoms with Crippen LogP contribution >= 0.6 is 0 Å². The normalized spacial score (nSPS) is 25.6. The molecule has 0 unspecified atom stereocenters. The van der Waals surface area contributed by atoms with Crippen molar-refractivity contribution < 1.29 is 4.74 Å². The minimum Gasteiger partial charge on any atom is -0.489 e. The molecule has 3 saturated heterocycles. The van der Waals surface area contributed by atoms with Crippen LogP contribution in [0.4, 0.5) is 0 Å². The summed E-state index contributed by atoms with van der Waals surface area (Å²) < 4.78 is 6.07. The van der Waals surface area contributed by atoms with E-state index in [0.717, 1.165) is 18.2 Å². The quantitative estimate of drug-likeness (QED) is 0.881. The van der Waals surface area contributed by atoms with Crippen molar-refractivity contribution in [2.75, 3.05) is 19.6 Å². The first-order valence-electron chi connectivity index (χ1n) is 9.09. The molecule has 1 atom stereocenters. The summed E-state index contributed by atoms with van der Waals surface area (Å²) >= 11 is 0. The molecule has 126 valence electrons. The van der Waals surface area contributed by atoms with E-state index in [4.69, 9.17) is 4.74 Å². The third-order valence-electron chi connectivity index (χ3n) is 5.42. The molecule has 0 spiro atoms. The van der Waals surface area contributed by atoms with Crippen molar-refractivity contribution in [3.05, 3.63) is 65.7 Å². The molecule has 5 rings (SSSR count). The number of rotatable bonds is 6. The van der Waals surface area contributed by atoms with Gasteiger partial charge >= 0.3 is 0 Å². The van der Waals surface area contributed by atoms with Crippen LogP contribution in [-0.4, -0.2) is 30.6 Å². The Morgan fingerprint density at radius 3 is 2.46 bits per heavy atom. The second-order valence-electron chi connectivity index (χ2n) is 7.01. The zero-order chi connectivity index (χ0) is 16.2. The molecule has 2 aromatic rings. The minimum absolute atomic E-state index is 0.623. The van der Waals surface area contributed by atoms with Gasteiger partial charge in [0.15, 0.2) is 0 Å². The van der Waals surface area contributed by atoms with Gasteiger partial charge in [-0.1, -0.05) is 48.5 Å². The number of nitrogens with one attached hydrogen (secondary N) is 1. The molecule has 0 aromatic heterocycles. The van der Waals surface area contributed by atoms with Crippen LogP contribution in [0, 0.1) is 5.92 Å². The molecule has 24 heavy (non-hydrogen) atoms. The summed E-state index contributed by atoms with van der Waals surface area (Å²) in [4.78, 5) is 2.59. The summed E-state index contributed by atoms with van der Waals surface area (Å²) in [7, 11) is 0. The minimum atomic E-state index is 0.623. The second-order valence-corrected chi connectivity index (χ2v) is 7.01. The van der Waals surface area contributed by atoms with Crippen LogP contribution < -0.4 is 10.1 Å². The zero-order valence-corrected chi connectivity index (χ0v) is 14.2. The van der Waals surface area contributed by atoms with Crippen LogP contribution in [0.15, 0.2) is 54.6 Å². The lowest BCUT2D eigenvalue weighted by Gasteiger charge is -2.45. The number of fused-ring (bicyclic) bond motifs is 3. The predicted octanol–water partition coefficient (Wildman–Crippen LogP) is 3.45. The maximum atomic E-state index is 6.07. The Hall–Kier alpha value is -1.84. The van der Waals surface area contributed by atoms with E-state index in [0.29, 0.717) is 12.6 Å². The number of hydrogen-bond acceptors (Lipinski definition) is 3. The van der Waals surface area contributed by atoms with Crippen LogP contribution in [0.3, 0.4) is 0 Å². The van der Waals surface area contributed by atoms with Gasteiger partial charge in [-0.3, -0.25) is 0 Å². The Kier molecular flexibility index (Phi) is 4.81. The van der Waals surface area contributed by atoms with E-state index in [-0.39, 0.29) is 0 Å². The van der Waals surface area contributed by atoms with E-state index in [1.807, 2.05) is 6.07 Å². The number of hydrogen-bond donors (Lipinski definition) is 1. The van der Waals surface area contributed by atoms with E-state index in [9.17, 15) is 0 Å². The van der Waals surface area contributed by atoms with Crippen LogP contribution in [0.1, 0.15) is 24.0 Å². The monoisotopic (exact) mass is 322 g/mol. The van der Waals surface area contributed by atoms with Gasteiger partial charge in [0, 0.05) is 24.7 Å². The van der Waals surface area contributed by atoms with Crippen molar-refractivity contribution in [1.29, 1.82) is 0 Å². The van der Waals surface area contributed by atoms with Gasteiger partial charge in [0.05, 0.1) is 0 Å². The standard InChI is InChI=1S/C21H26N2O/c1-2-6-17(7-3-1)16-24-21-9-5-4-8-19(21)14-22-20-15-23-12-10-18(20)11-13-23/h1-9,18,20,22H,10-16H2/t20-/m1/s1. The van der Waals surface area contributed by atoms with E-state index in [2.05, 4.69) is 58.7 Å². The molecular weight excluding hydrogens is 296 g/mol. The van der Waals surface area contributed by atoms with E-state index in [1.165, 1.54) is 43.6 Å². The highest BCUT2D eigenvalue weighted by Crippen LogP contribution is 2.28. The fourth-order valence-electron chi connectivity index (χ4n) is 3.96. The second kappa shape index (κ2) is 7.37. The maximum Gasteiger partial charge on any atom is 0.124 e. The first-order chi connectivity index (χ1) is 11.9. The van der Waals surface area contributed by atoms with Gasteiger partial charge < -0.3 is 15.0 Å². The fraction of sp³-hybridized carbons (Fsp3) is 0.429. The van der Waals surface area contributed by atoms with Crippen LogP contribution in [-0.2, 0) is 13.2 Å². The highest BCUT2D eigenvalue weighted by molar-refractivity contribution is 5.33. The smallest absolute Gasteiger partial charge is 0.124 e. The first kappa shape index (κ1) is 15.7. The van der Waals surface area contributed by atoms with Crippen molar-refractivity contribution in [3.63, 3.8) is 0 Å². The summed E-state index contributed by atoms with van der Waals surface area (Å²) in [6, 6.07) is 19.4.